The van der Waals surface area contributed by atoms with E-state index in [2.05, 4.69) is 10.5 Å². The van der Waals surface area contributed by atoms with Crippen LogP contribution < -0.4 is 16.1 Å². The van der Waals surface area contributed by atoms with Crippen LogP contribution in [-0.2, 0) is 25.6 Å². The number of carbonyl (C=O) groups excluding carboxylic acids is 3. The maximum absolute atomic E-state index is 13.0. The van der Waals surface area contributed by atoms with Gasteiger partial charge in [0.15, 0.2) is 0 Å². The molecule has 1 aromatic carbocycles. The lowest BCUT2D eigenvalue weighted by Gasteiger charge is -2.37. The molecule has 8 nitrogen and oxygen atoms in total. The van der Waals surface area contributed by atoms with Gasteiger partial charge >= 0.3 is 0 Å². The third-order valence-electron chi connectivity index (χ3n) is 4.21. The number of hydroxylamine groups is 1. The molecule has 3 N–H and O–H groups in total. The van der Waals surface area contributed by atoms with E-state index in [1.54, 1.807) is 24.7 Å². The average Bonchev–Trinajstić information content (AvgIpc) is 3.19. The molecule has 3 amide bonds. The molecule has 1 heterocycles. The summed E-state index contributed by atoms with van der Waals surface area (Å²) in [4.78, 5) is 47.6. The largest absolute Gasteiger partial charge is 0.368 e. The van der Waals surface area contributed by atoms with Crippen LogP contribution in [0, 0.1) is 0 Å². The van der Waals surface area contributed by atoms with Crippen LogP contribution in [0.25, 0.3) is 0 Å². The molecule has 0 spiro atoms. The summed E-state index contributed by atoms with van der Waals surface area (Å²) in [5, 5.41) is 1.67. The predicted molar refractivity (Wildman–Crippen MR) is 106 cm³/mol. The number of aromatic nitrogens is 1. The average molecular weight is 404 g/mol. The quantitative estimate of drug-likeness (QED) is 0.586. The fourth-order valence-electron chi connectivity index (χ4n) is 2.78. The van der Waals surface area contributed by atoms with E-state index in [4.69, 9.17) is 10.6 Å². The molecule has 9 heteroatoms. The van der Waals surface area contributed by atoms with Gasteiger partial charge in [0, 0.05) is 24.6 Å². The second-order valence-electron chi connectivity index (χ2n) is 6.33. The number of rotatable bonds is 10. The van der Waals surface area contributed by atoms with Gasteiger partial charge in [-0.1, -0.05) is 30.3 Å². The molecule has 0 unspecified atom stereocenters. The van der Waals surface area contributed by atoms with Crippen LogP contribution in [0.1, 0.15) is 32.3 Å². The van der Waals surface area contributed by atoms with Crippen LogP contribution >= 0.6 is 11.3 Å². The van der Waals surface area contributed by atoms with Crippen LogP contribution in [0.3, 0.4) is 0 Å². The van der Waals surface area contributed by atoms with Gasteiger partial charge < -0.3 is 5.73 Å². The van der Waals surface area contributed by atoms with Gasteiger partial charge in [0.1, 0.15) is 11.4 Å². The van der Waals surface area contributed by atoms with Gasteiger partial charge in [0.25, 0.3) is 0 Å². The van der Waals surface area contributed by atoms with Crippen LogP contribution in [0.5, 0.6) is 0 Å². The number of hydrogen-bond acceptors (Lipinski definition) is 6. The van der Waals surface area contributed by atoms with Crippen molar-refractivity contribution in [2.75, 3.05) is 11.5 Å². The van der Waals surface area contributed by atoms with E-state index < -0.39 is 23.3 Å². The van der Waals surface area contributed by atoms with E-state index in [0.717, 1.165) is 5.56 Å². The Balaban J connectivity index is 2.28. The van der Waals surface area contributed by atoms with Gasteiger partial charge in [0.05, 0.1) is 12.1 Å². The van der Waals surface area contributed by atoms with E-state index in [-0.39, 0.29) is 19.3 Å². The molecule has 28 heavy (non-hydrogen) atoms. The monoisotopic (exact) mass is 404 g/mol. The van der Waals surface area contributed by atoms with Crippen molar-refractivity contribution < 1.29 is 19.2 Å². The first-order valence-corrected chi connectivity index (χ1v) is 9.78. The minimum absolute atomic E-state index is 0.0837. The number of nitrogens with one attached hydrogen (secondary N) is 1. The Kier molecular flexibility index (Phi) is 7.65. The number of anilines is 1. The van der Waals surface area contributed by atoms with Crippen LogP contribution in [0.4, 0.5) is 5.82 Å². The highest BCUT2D eigenvalue weighted by atomic mass is 32.1. The van der Waals surface area contributed by atoms with E-state index in [1.165, 1.54) is 16.2 Å². The molecule has 0 saturated heterocycles. The Morgan fingerprint density at radius 2 is 1.96 bits per heavy atom. The zero-order chi connectivity index (χ0) is 20.6. The fraction of sp³-hybridized carbons (Fsp3) is 0.368. The third kappa shape index (κ3) is 5.37. The Labute approximate surface area is 167 Å². The number of nitrogens with two attached hydrogens (primary N) is 1. The molecule has 1 aromatic heterocycles. The maximum atomic E-state index is 13.0. The van der Waals surface area contributed by atoms with Crippen LogP contribution in [0.15, 0.2) is 41.2 Å². The summed E-state index contributed by atoms with van der Waals surface area (Å²) in [5.41, 5.74) is 9.06. The molecule has 0 bridgehead atoms. The molecule has 0 saturated carbocycles. The van der Waals surface area contributed by atoms with Gasteiger partial charge in [-0.2, -0.15) is 0 Å². The van der Waals surface area contributed by atoms with Crippen LogP contribution in [-0.4, -0.2) is 34.9 Å². The topological polar surface area (TPSA) is 115 Å². The summed E-state index contributed by atoms with van der Waals surface area (Å²) in [6, 6.07) is 9.29. The summed E-state index contributed by atoms with van der Waals surface area (Å²) < 4.78 is 0. The van der Waals surface area contributed by atoms with E-state index in [9.17, 15) is 14.4 Å². The highest BCUT2D eigenvalue weighted by Gasteiger charge is 2.42. The number of thiazole rings is 1. The summed E-state index contributed by atoms with van der Waals surface area (Å²) in [5.74, 6) is -1.17. The molecule has 0 aliphatic heterocycles. The summed E-state index contributed by atoms with van der Waals surface area (Å²) in [6.07, 6.45) is 0.0192. The van der Waals surface area contributed by atoms with E-state index in [0.29, 0.717) is 12.4 Å². The highest BCUT2D eigenvalue weighted by molar-refractivity contribution is 7.07. The van der Waals surface area contributed by atoms with Crippen LogP contribution in [0.2, 0.25) is 0 Å². The molecular formula is C19H24N4O4S. The van der Waals surface area contributed by atoms with Gasteiger partial charge in [-0.15, -0.1) is 11.3 Å². The minimum Gasteiger partial charge on any atom is -0.368 e. The number of amides is 3. The number of primary amides is 1. The second-order valence-corrected chi connectivity index (χ2v) is 7.05. The lowest BCUT2D eigenvalue weighted by molar-refractivity contribution is -0.135. The molecule has 0 radical (unpaired) electrons. The van der Waals surface area contributed by atoms with Crippen molar-refractivity contribution in [1.29, 1.82) is 0 Å². The summed E-state index contributed by atoms with van der Waals surface area (Å²) >= 11 is 1.30. The first kappa shape index (κ1) is 21.5. The number of nitrogens with zero attached hydrogens (tertiary/aromatic N) is 2. The Bertz CT molecular complexity index is 798. The smallest absolute Gasteiger partial charge is 0.244 e. The van der Waals surface area contributed by atoms with Crippen molar-refractivity contribution in [3.8, 4) is 0 Å². The standard InChI is InChI=1S/C19H24N4O4S/c1-3-27-22-16(24)9-10-17(25)23(15-12-28-13-21-15)19(2,18(20)26)11-14-7-5-4-6-8-14/h4-8,12-13H,3,9-11H2,1-2H3,(H2,20,26)(H,22,24)/t19-/m1/s1. The second kappa shape index (κ2) is 9.95. The Morgan fingerprint density at radius 3 is 2.54 bits per heavy atom. The van der Waals surface area contributed by atoms with E-state index >= 15 is 0 Å². The number of hydrogen-bond donors (Lipinski definition) is 2. The molecular weight excluding hydrogens is 380 g/mol. The Morgan fingerprint density at radius 1 is 1.25 bits per heavy atom. The van der Waals surface area contributed by atoms with Crippen molar-refractivity contribution in [2.45, 2.75) is 38.6 Å². The maximum Gasteiger partial charge on any atom is 0.244 e. The van der Waals surface area contributed by atoms with Crippen molar-refractivity contribution in [2.24, 2.45) is 5.73 Å². The van der Waals surface area contributed by atoms with Crippen molar-refractivity contribution >= 4 is 34.9 Å². The van der Waals surface area contributed by atoms with Crippen molar-refractivity contribution in [3.05, 3.63) is 46.8 Å². The van der Waals surface area contributed by atoms with Crippen molar-refractivity contribution in [1.82, 2.24) is 10.5 Å². The van der Waals surface area contributed by atoms with Gasteiger partial charge in [-0.3, -0.25) is 24.1 Å². The predicted octanol–water partition coefficient (Wildman–Crippen LogP) is 1.81. The fourth-order valence-corrected chi connectivity index (χ4v) is 3.30. The normalized spacial score (nSPS) is 12.8. The molecule has 2 aromatic rings. The number of carbonyl (C=O) groups is 3. The SMILES string of the molecule is CCONC(=O)CCC(=O)N(c1cscn1)[C@](C)(Cc1ccccc1)C(N)=O. The molecule has 0 aliphatic rings. The first-order chi connectivity index (χ1) is 13.4. The molecule has 1 atom stereocenters. The lowest BCUT2D eigenvalue weighted by Crippen LogP contribution is -2.59. The first-order valence-electron chi connectivity index (χ1n) is 8.84. The molecule has 0 aliphatic carbocycles. The van der Waals surface area contributed by atoms with Gasteiger partial charge in [-0.25, -0.2) is 10.5 Å². The molecule has 2 rings (SSSR count). The number of benzene rings is 1. The summed E-state index contributed by atoms with van der Waals surface area (Å²) in [7, 11) is 0. The lowest BCUT2D eigenvalue weighted by atomic mass is 9.89. The molecule has 0 fully saturated rings. The third-order valence-corrected chi connectivity index (χ3v) is 4.78. The van der Waals surface area contributed by atoms with E-state index in [1.807, 2.05) is 30.3 Å². The highest BCUT2D eigenvalue weighted by Crippen LogP contribution is 2.28. The summed E-state index contributed by atoms with van der Waals surface area (Å²) in [6.45, 7) is 3.67. The van der Waals surface area contributed by atoms with Crippen molar-refractivity contribution in [3.63, 3.8) is 0 Å². The van der Waals surface area contributed by atoms with Gasteiger partial charge in [-0.05, 0) is 19.4 Å². The minimum atomic E-state index is -1.34. The molecule has 150 valence electrons. The zero-order valence-electron chi connectivity index (χ0n) is 15.9. The van der Waals surface area contributed by atoms with Gasteiger partial charge in [0.2, 0.25) is 17.7 Å². The zero-order valence-corrected chi connectivity index (χ0v) is 16.7. The Hall–Kier alpha value is -2.78.